The van der Waals surface area contributed by atoms with Crippen molar-refractivity contribution in [3.05, 3.63) is 12.4 Å². The summed E-state index contributed by atoms with van der Waals surface area (Å²) in [4.78, 5) is 16.5. The van der Waals surface area contributed by atoms with Crippen molar-refractivity contribution in [3.8, 4) is 6.01 Å². The molecule has 0 saturated carbocycles. The standard InChI is InChI=1S/C5H6N2O2.Na.H/c1-4(8)9-5-6-2-3-7-5;;/h2-3H,1H3,(H,6,7);;. The summed E-state index contributed by atoms with van der Waals surface area (Å²) < 4.78 is 4.55. The molecule has 0 unspecified atom stereocenters. The number of carbonyl (C=O) groups is 1. The van der Waals surface area contributed by atoms with Gasteiger partial charge in [-0.15, -0.1) is 0 Å². The predicted molar refractivity (Wildman–Crippen MR) is 37.0 cm³/mol. The Morgan fingerprint density at radius 2 is 2.50 bits per heavy atom. The Hall–Kier alpha value is -0.320. The molecule has 10 heavy (non-hydrogen) atoms. The first-order chi connectivity index (χ1) is 4.29. The summed E-state index contributed by atoms with van der Waals surface area (Å²) in [5, 5.41) is 0. The van der Waals surface area contributed by atoms with Crippen LogP contribution >= 0.6 is 0 Å². The molecule has 1 N–H and O–H groups in total. The zero-order chi connectivity index (χ0) is 6.69. The van der Waals surface area contributed by atoms with Gasteiger partial charge in [0, 0.05) is 19.3 Å². The molecule has 0 aromatic carbocycles. The molecule has 0 bridgehead atoms. The van der Waals surface area contributed by atoms with Crippen molar-refractivity contribution in [1.29, 1.82) is 0 Å². The van der Waals surface area contributed by atoms with Gasteiger partial charge in [-0.1, -0.05) is 0 Å². The molecule has 50 valence electrons. The van der Waals surface area contributed by atoms with E-state index in [9.17, 15) is 4.79 Å². The van der Waals surface area contributed by atoms with Gasteiger partial charge in [0.15, 0.2) is 0 Å². The predicted octanol–water partition coefficient (Wildman–Crippen LogP) is -0.314. The van der Waals surface area contributed by atoms with Crippen LogP contribution in [0.3, 0.4) is 0 Å². The first-order valence-corrected chi connectivity index (χ1v) is 2.47. The average Bonchev–Trinajstić information content (AvgIpc) is 2.15. The summed E-state index contributed by atoms with van der Waals surface area (Å²) in [6, 6.07) is 0.238. The summed E-state index contributed by atoms with van der Waals surface area (Å²) >= 11 is 0. The third-order valence-corrected chi connectivity index (χ3v) is 0.714. The van der Waals surface area contributed by atoms with Crippen LogP contribution in [-0.2, 0) is 4.79 Å². The van der Waals surface area contributed by atoms with Gasteiger partial charge in [0.25, 0.3) is 0 Å². The number of carbonyl (C=O) groups excluding carboxylic acids is 1. The van der Waals surface area contributed by atoms with E-state index in [1.165, 1.54) is 13.1 Å². The molecule has 0 atom stereocenters. The van der Waals surface area contributed by atoms with Gasteiger partial charge in [-0.05, 0) is 0 Å². The quantitative estimate of drug-likeness (QED) is 0.441. The zero-order valence-electron chi connectivity index (χ0n) is 4.92. The van der Waals surface area contributed by atoms with Crippen molar-refractivity contribution in [2.75, 3.05) is 0 Å². The molecule has 0 fully saturated rings. The fraction of sp³-hybridized carbons (Fsp3) is 0.200. The Morgan fingerprint density at radius 1 is 1.80 bits per heavy atom. The van der Waals surface area contributed by atoms with Crippen molar-refractivity contribution in [2.45, 2.75) is 6.92 Å². The number of ether oxygens (including phenoxy) is 1. The monoisotopic (exact) mass is 150 g/mol. The number of H-pyrrole nitrogens is 1. The van der Waals surface area contributed by atoms with Crippen molar-refractivity contribution in [3.63, 3.8) is 0 Å². The van der Waals surface area contributed by atoms with Crippen LogP contribution in [0.2, 0.25) is 0 Å². The Kier molecular flexibility index (Phi) is 4.34. The van der Waals surface area contributed by atoms with Crippen LogP contribution < -0.4 is 4.74 Å². The van der Waals surface area contributed by atoms with E-state index >= 15 is 0 Å². The second-order valence-electron chi connectivity index (χ2n) is 1.49. The molecule has 0 radical (unpaired) electrons. The first-order valence-electron chi connectivity index (χ1n) is 2.47. The molecule has 1 rings (SSSR count). The van der Waals surface area contributed by atoms with Crippen molar-refractivity contribution in [1.82, 2.24) is 9.97 Å². The van der Waals surface area contributed by atoms with Crippen LogP contribution in [0.1, 0.15) is 6.92 Å². The number of aromatic nitrogens is 2. The molecule has 0 saturated heterocycles. The van der Waals surface area contributed by atoms with Gasteiger partial charge in [0.1, 0.15) is 0 Å². The third kappa shape index (κ3) is 3.00. The summed E-state index contributed by atoms with van der Waals surface area (Å²) in [7, 11) is 0. The fourth-order valence-corrected chi connectivity index (χ4v) is 0.443. The topological polar surface area (TPSA) is 55.0 Å². The number of esters is 1. The molecule has 1 heterocycles. The summed E-state index contributed by atoms with van der Waals surface area (Å²) in [6.07, 6.45) is 3.09. The van der Waals surface area contributed by atoms with Crippen LogP contribution in [0.4, 0.5) is 0 Å². The second-order valence-corrected chi connectivity index (χ2v) is 1.49. The van der Waals surface area contributed by atoms with Crippen LogP contribution in [-0.4, -0.2) is 45.5 Å². The molecule has 1 aromatic rings. The fourth-order valence-electron chi connectivity index (χ4n) is 0.443. The molecule has 4 nitrogen and oxygen atoms in total. The van der Waals surface area contributed by atoms with E-state index in [1.54, 1.807) is 6.20 Å². The summed E-state index contributed by atoms with van der Waals surface area (Å²) in [5.74, 6) is -0.370. The molecule has 0 aliphatic rings. The Labute approximate surface area is 80.3 Å². The second kappa shape index (κ2) is 4.49. The number of aromatic amines is 1. The van der Waals surface area contributed by atoms with Gasteiger partial charge in [0.05, 0.1) is 0 Å². The van der Waals surface area contributed by atoms with E-state index in [1.807, 2.05) is 0 Å². The minimum absolute atomic E-state index is 0. The van der Waals surface area contributed by atoms with E-state index in [0.29, 0.717) is 0 Å². The number of hydrogen-bond donors (Lipinski definition) is 1. The van der Waals surface area contributed by atoms with E-state index in [0.717, 1.165) is 0 Å². The maximum atomic E-state index is 10.2. The van der Waals surface area contributed by atoms with Crippen LogP contribution in [0.25, 0.3) is 0 Å². The van der Waals surface area contributed by atoms with Gasteiger partial charge in [-0.3, -0.25) is 4.79 Å². The molecule has 0 aliphatic heterocycles. The van der Waals surface area contributed by atoms with Gasteiger partial charge < -0.3 is 9.72 Å². The summed E-state index contributed by atoms with van der Waals surface area (Å²) in [6.45, 7) is 1.32. The number of imidazole rings is 1. The van der Waals surface area contributed by atoms with E-state index < -0.39 is 0 Å². The molecular weight excluding hydrogens is 143 g/mol. The Bertz CT molecular complexity index is 197. The van der Waals surface area contributed by atoms with Gasteiger partial charge in [-0.25, -0.2) is 4.98 Å². The van der Waals surface area contributed by atoms with E-state index in [4.69, 9.17) is 0 Å². The molecule has 0 spiro atoms. The summed E-state index contributed by atoms with van der Waals surface area (Å²) in [5.41, 5.74) is 0. The number of nitrogens with zero attached hydrogens (tertiary/aromatic N) is 1. The van der Waals surface area contributed by atoms with E-state index in [2.05, 4.69) is 14.7 Å². The van der Waals surface area contributed by atoms with E-state index in [-0.39, 0.29) is 41.5 Å². The van der Waals surface area contributed by atoms with Gasteiger partial charge in [0.2, 0.25) is 0 Å². The van der Waals surface area contributed by atoms with Gasteiger partial charge >= 0.3 is 41.5 Å². The minimum atomic E-state index is -0.370. The first kappa shape index (κ1) is 9.68. The Balaban J connectivity index is 0.000000810. The van der Waals surface area contributed by atoms with Crippen molar-refractivity contribution in [2.24, 2.45) is 0 Å². The van der Waals surface area contributed by atoms with Crippen LogP contribution in [0.5, 0.6) is 6.01 Å². The van der Waals surface area contributed by atoms with Crippen LogP contribution in [0, 0.1) is 0 Å². The van der Waals surface area contributed by atoms with Gasteiger partial charge in [-0.2, -0.15) is 0 Å². The number of nitrogens with one attached hydrogen (secondary N) is 1. The number of rotatable bonds is 1. The SMILES string of the molecule is CC(=O)Oc1ncc[nH]1.[NaH]. The normalized spacial score (nSPS) is 8.10. The molecule has 5 heteroatoms. The van der Waals surface area contributed by atoms with Crippen molar-refractivity contribution < 1.29 is 9.53 Å². The van der Waals surface area contributed by atoms with Crippen LogP contribution in [0.15, 0.2) is 12.4 Å². The molecule has 1 aromatic heterocycles. The molecular formula is C5H7N2NaO2. The maximum absolute atomic E-state index is 10.2. The molecule has 0 aliphatic carbocycles. The number of hydrogen-bond acceptors (Lipinski definition) is 3. The molecule has 0 amide bonds. The third-order valence-electron chi connectivity index (χ3n) is 0.714. The average molecular weight is 150 g/mol. The van der Waals surface area contributed by atoms with Crippen molar-refractivity contribution >= 4 is 35.5 Å². The Morgan fingerprint density at radius 3 is 2.90 bits per heavy atom. The zero-order valence-corrected chi connectivity index (χ0v) is 4.92.